The van der Waals surface area contributed by atoms with Gasteiger partial charge in [0.05, 0.1) is 18.5 Å². The van der Waals surface area contributed by atoms with Gasteiger partial charge in [-0.1, -0.05) is 0 Å². The fourth-order valence-corrected chi connectivity index (χ4v) is 1.21. The lowest BCUT2D eigenvalue weighted by molar-refractivity contribution is 0.311. The van der Waals surface area contributed by atoms with E-state index in [1.807, 2.05) is 12.1 Å². The van der Waals surface area contributed by atoms with Gasteiger partial charge >= 0.3 is 0 Å². The third-order valence-electron chi connectivity index (χ3n) is 1.82. The Morgan fingerprint density at radius 2 is 2.36 bits per heavy atom. The number of hydrogen-bond donors (Lipinski definition) is 2. The van der Waals surface area contributed by atoms with Crippen molar-refractivity contribution in [1.82, 2.24) is 15.2 Å². The summed E-state index contributed by atoms with van der Waals surface area (Å²) in [5.74, 6) is 0. The van der Waals surface area contributed by atoms with Gasteiger partial charge in [-0.3, -0.25) is 4.98 Å². The van der Waals surface area contributed by atoms with E-state index in [1.165, 1.54) is 0 Å². The molecule has 0 saturated carbocycles. The predicted molar refractivity (Wildman–Crippen MR) is 52.9 cm³/mol. The smallest absolute Gasteiger partial charge is 0.115 e. The molecule has 5 heteroatoms. The molecule has 72 valence electrons. The van der Waals surface area contributed by atoms with Gasteiger partial charge in [0, 0.05) is 12.7 Å². The number of anilines is 1. The van der Waals surface area contributed by atoms with Crippen LogP contribution < -0.4 is 5.32 Å². The quantitative estimate of drug-likeness (QED) is 0.734. The zero-order valence-corrected chi connectivity index (χ0v) is 7.51. The third kappa shape index (κ3) is 1.62. The predicted octanol–water partition coefficient (Wildman–Crippen LogP) is 0.429. The van der Waals surface area contributed by atoms with E-state index < -0.39 is 0 Å². The molecule has 2 aromatic rings. The average molecular weight is 190 g/mol. The Morgan fingerprint density at radius 3 is 3.21 bits per heavy atom. The molecule has 0 aromatic carbocycles. The van der Waals surface area contributed by atoms with E-state index in [2.05, 4.69) is 20.5 Å². The highest BCUT2D eigenvalue weighted by molar-refractivity contribution is 5.85. The number of nitrogens with zero attached hydrogens (tertiary/aromatic N) is 3. The van der Waals surface area contributed by atoms with Crippen molar-refractivity contribution in [2.45, 2.75) is 0 Å². The van der Waals surface area contributed by atoms with Crippen LogP contribution in [-0.4, -0.2) is 33.4 Å². The highest BCUT2D eigenvalue weighted by Gasteiger charge is 2.01. The van der Waals surface area contributed by atoms with Gasteiger partial charge in [0.25, 0.3) is 0 Å². The Balaban J connectivity index is 2.43. The van der Waals surface area contributed by atoms with E-state index in [0.29, 0.717) is 6.54 Å². The van der Waals surface area contributed by atoms with Crippen LogP contribution in [0.1, 0.15) is 0 Å². The standard InChI is InChI=1S/C9H10N4O/c14-5-4-10-8-6-12-13-7-2-1-3-11-9(7)8/h1-3,6,14H,4-5H2,(H,10,13). The minimum atomic E-state index is 0.0800. The Bertz CT molecular complexity index is 427. The lowest BCUT2D eigenvalue weighted by Crippen LogP contribution is -2.06. The zero-order valence-electron chi connectivity index (χ0n) is 7.51. The van der Waals surface area contributed by atoms with Crippen LogP contribution in [0.25, 0.3) is 11.0 Å². The molecule has 2 N–H and O–H groups in total. The molecule has 0 atom stereocenters. The lowest BCUT2D eigenvalue weighted by Gasteiger charge is -2.05. The summed E-state index contributed by atoms with van der Waals surface area (Å²) in [5, 5.41) is 19.5. The fourth-order valence-electron chi connectivity index (χ4n) is 1.21. The van der Waals surface area contributed by atoms with E-state index in [0.717, 1.165) is 16.7 Å². The van der Waals surface area contributed by atoms with Crippen molar-refractivity contribution >= 4 is 16.7 Å². The Labute approximate surface area is 80.8 Å². The third-order valence-corrected chi connectivity index (χ3v) is 1.82. The topological polar surface area (TPSA) is 70.9 Å². The summed E-state index contributed by atoms with van der Waals surface area (Å²) in [6, 6.07) is 3.66. The first-order chi connectivity index (χ1) is 6.92. The number of aliphatic hydroxyl groups excluding tert-OH is 1. The second-order valence-electron chi connectivity index (χ2n) is 2.78. The summed E-state index contributed by atoms with van der Waals surface area (Å²) in [5.41, 5.74) is 2.32. The molecule has 14 heavy (non-hydrogen) atoms. The summed E-state index contributed by atoms with van der Waals surface area (Å²) >= 11 is 0. The Kier molecular flexibility index (Phi) is 2.51. The van der Waals surface area contributed by atoms with Crippen molar-refractivity contribution in [1.29, 1.82) is 0 Å². The van der Waals surface area contributed by atoms with Crippen molar-refractivity contribution in [2.75, 3.05) is 18.5 Å². The van der Waals surface area contributed by atoms with Crippen LogP contribution in [0.3, 0.4) is 0 Å². The molecule has 5 nitrogen and oxygen atoms in total. The van der Waals surface area contributed by atoms with Crippen LogP contribution in [0.4, 0.5) is 5.69 Å². The number of rotatable bonds is 3. The van der Waals surface area contributed by atoms with Gasteiger partial charge in [0.1, 0.15) is 11.0 Å². The molecule has 0 aliphatic heterocycles. The molecule has 2 rings (SSSR count). The molecule has 0 radical (unpaired) electrons. The number of nitrogens with one attached hydrogen (secondary N) is 1. The summed E-state index contributed by atoms with van der Waals surface area (Å²) in [7, 11) is 0. The number of aliphatic hydroxyl groups is 1. The lowest BCUT2D eigenvalue weighted by atomic mass is 10.3. The number of pyridine rings is 1. The SMILES string of the molecule is OCCNc1cnnc2cccnc12. The van der Waals surface area contributed by atoms with Gasteiger partial charge < -0.3 is 10.4 Å². The van der Waals surface area contributed by atoms with E-state index in [4.69, 9.17) is 5.11 Å². The molecule has 0 aliphatic carbocycles. The summed E-state index contributed by atoms with van der Waals surface area (Å²) in [6.07, 6.45) is 3.30. The normalized spacial score (nSPS) is 10.4. The zero-order chi connectivity index (χ0) is 9.80. The fraction of sp³-hybridized carbons (Fsp3) is 0.222. The van der Waals surface area contributed by atoms with Gasteiger partial charge in [-0.2, -0.15) is 5.10 Å². The first kappa shape index (κ1) is 8.83. The van der Waals surface area contributed by atoms with Crippen LogP contribution >= 0.6 is 0 Å². The first-order valence-corrected chi connectivity index (χ1v) is 4.33. The molecule has 0 unspecified atom stereocenters. The van der Waals surface area contributed by atoms with Gasteiger partial charge in [-0.15, -0.1) is 5.10 Å². The number of aromatic nitrogens is 3. The van der Waals surface area contributed by atoms with Gasteiger partial charge in [0.15, 0.2) is 0 Å². The molecule has 0 spiro atoms. The maximum absolute atomic E-state index is 8.68. The molecule has 0 bridgehead atoms. The van der Waals surface area contributed by atoms with Crippen LogP contribution in [0.5, 0.6) is 0 Å². The van der Waals surface area contributed by atoms with Crippen molar-refractivity contribution in [3.8, 4) is 0 Å². The number of hydrogen-bond acceptors (Lipinski definition) is 5. The van der Waals surface area contributed by atoms with E-state index in [1.54, 1.807) is 12.4 Å². The molecular weight excluding hydrogens is 180 g/mol. The maximum atomic E-state index is 8.68. The van der Waals surface area contributed by atoms with Crippen molar-refractivity contribution < 1.29 is 5.11 Å². The molecule has 0 aliphatic rings. The first-order valence-electron chi connectivity index (χ1n) is 4.33. The Hall–Kier alpha value is -1.75. The van der Waals surface area contributed by atoms with Crippen molar-refractivity contribution in [3.63, 3.8) is 0 Å². The number of fused-ring (bicyclic) bond motifs is 1. The van der Waals surface area contributed by atoms with E-state index >= 15 is 0 Å². The van der Waals surface area contributed by atoms with Crippen LogP contribution in [0.2, 0.25) is 0 Å². The van der Waals surface area contributed by atoms with Crippen LogP contribution in [-0.2, 0) is 0 Å². The highest BCUT2D eigenvalue weighted by atomic mass is 16.3. The van der Waals surface area contributed by atoms with Crippen LogP contribution in [0, 0.1) is 0 Å². The van der Waals surface area contributed by atoms with Gasteiger partial charge in [0.2, 0.25) is 0 Å². The Morgan fingerprint density at radius 1 is 1.43 bits per heavy atom. The molecule has 0 saturated heterocycles. The maximum Gasteiger partial charge on any atom is 0.115 e. The second-order valence-corrected chi connectivity index (χ2v) is 2.78. The minimum absolute atomic E-state index is 0.0800. The second kappa shape index (κ2) is 3.97. The summed E-state index contributed by atoms with van der Waals surface area (Å²) in [6.45, 7) is 0.564. The molecule has 0 amide bonds. The highest BCUT2D eigenvalue weighted by Crippen LogP contribution is 2.16. The molecule has 2 aromatic heterocycles. The molecule has 0 fully saturated rings. The minimum Gasteiger partial charge on any atom is -0.395 e. The summed E-state index contributed by atoms with van der Waals surface area (Å²) < 4.78 is 0. The average Bonchev–Trinajstić information content (AvgIpc) is 2.26. The largest absolute Gasteiger partial charge is 0.395 e. The van der Waals surface area contributed by atoms with Gasteiger partial charge in [-0.25, -0.2) is 0 Å². The van der Waals surface area contributed by atoms with Crippen molar-refractivity contribution in [3.05, 3.63) is 24.5 Å². The van der Waals surface area contributed by atoms with E-state index in [-0.39, 0.29) is 6.61 Å². The van der Waals surface area contributed by atoms with Gasteiger partial charge in [-0.05, 0) is 12.1 Å². The van der Waals surface area contributed by atoms with Crippen LogP contribution in [0.15, 0.2) is 24.5 Å². The van der Waals surface area contributed by atoms with E-state index in [9.17, 15) is 0 Å². The summed E-state index contributed by atoms with van der Waals surface area (Å²) in [4.78, 5) is 4.19. The monoisotopic (exact) mass is 190 g/mol. The molecule has 2 heterocycles. The van der Waals surface area contributed by atoms with Crippen molar-refractivity contribution in [2.24, 2.45) is 0 Å². The molecular formula is C9H10N4O.